The molecule has 0 atom stereocenters. The van der Waals surface area contributed by atoms with Gasteiger partial charge < -0.3 is 9.73 Å². The summed E-state index contributed by atoms with van der Waals surface area (Å²) in [6, 6.07) is 10.9. The van der Waals surface area contributed by atoms with Gasteiger partial charge in [-0.15, -0.1) is 0 Å². The van der Waals surface area contributed by atoms with Gasteiger partial charge in [0.25, 0.3) is 5.91 Å². The average Bonchev–Trinajstić information content (AvgIpc) is 2.83. The predicted octanol–water partition coefficient (Wildman–Crippen LogP) is 4.51. The van der Waals surface area contributed by atoms with E-state index in [4.69, 9.17) is 16.0 Å². The second-order valence-electron chi connectivity index (χ2n) is 4.05. The molecule has 0 saturated heterocycles. The zero-order chi connectivity index (χ0) is 13.7. The summed E-state index contributed by atoms with van der Waals surface area (Å²) in [6.07, 6.45) is 2.03. The third-order valence-corrected chi connectivity index (χ3v) is 3.34. The number of carbonyl (C=O) groups excluding carboxylic acids is 1. The number of benzene rings is 1. The first-order valence-corrected chi connectivity index (χ1v) is 7.40. The van der Waals surface area contributed by atoms with Gasteiger partial charge in [-0.3, -0.25) is 4.79 Å². The second kappa shape index (κ2) is 6.78. The number of aryl methyl sites for hydroxylation is 1. The minimum atomic E-state index is -0.301. The molecule has 1 aromatic carbocycles. The lowest BCUT2D eigenvalue weighted by Crippen LogP contribution is -2.10. The maximum atomic E-state index is 11.9. The van der Waals surface area contributed by atoms with E-state index in [9.17, 15) is 4.79 Å². The molecule has 2 aromatic rings. The molecule has 0 spiro atoms. The quantitative estimate of drug-likeness (QED) is 0.812. The summed E-state index contributed by atoms with van der Waals surface area (Å²) in [5.74, 6) is -0.0968. The van der Waals surface area contributed by atoms with Crippen LogP contribution in [0.5, 0.6) is 0 Å². The van der Waals surface area contributed by atoms with E-state index >= 15 is 0 Å². The van der Waals surface area contributed by atoms with Crippen molar-refractivity contribution in [1.29, 1.82) is 0 Å². The van der Waals surface area contributed by atoms with Gasteiger partial charge >= 0.3 is 0 Å². The number of hydrogen-bond acceptors (Lipinski definition) is 2. The molecule has 5 heteroatoms. The van der Waals surface area contributed by atoms with Crippen LogP contribution < -0.4 is 5.32 Å². The summed E-state index contributed by atoms with van der Waals surface area (Å²) in [5.41, 5.74) is 1.94. The highest BCUT2D eigenvalue weighted by Crippen LogP contribution is 2.17. The van der Waals surface area contributed by atoms with Crippen molar-refractivity contribution in [3.63, 3.8) is 0 Å². The van der Waals surface area contributed by atoms with E-state index in [1.54, 1.807) is 12.1 Å². The Morgan fingerprint density at radius 3 is 2.84 bits per heavy atom. The van der Waals surface area contributed by atoms with E-state index in [2.05, 4.69) is 21.2 Å². The standard InChI is InChI=1S/C14H13BrClNO2/c15-8-2-4-10-3-1-5-11(9-10)17-14(18)12-6-7-13(16)19-12/h1,3,5-7,9H,2,4,8H2,(H,17,18). The van der Waals surface area contributed by atoms with Gasteiger partial charge in [-0.1, -0.05) is 28.1 Å². The first-order chi connectivity index (χ1) is 9.19. The Bertz CT molecular complexity index is 568. The normalized spacial score (nSPS) is 10.4. The maximum Gasteiger partial charge on any atom is 0.291 e. The third-order valence-electron chi connectivity index (χ3n) is 2.58. The summed E-state index contributed by atoms with van der Waals surface area (Å²) >= 11 is 9.04. The molecule has 0 aliphatic heterocycles. The summed E-state index contributed by atoms with van der Waals surface area (Å²) < 4.78 is 5.06. The predicted molar refractivity (Wildman–Crippen MR) is 80.2 cm³/mol. The van der Waals surface area contributed by atoms with Crippen molar-refractivity contribution in [2.75, 3.05) is 10.6 Å². The first kappa shape index (κ1) is 14.2. The van der Waals surface area contributed by atoms with Gasteiger partial charge in [0, 0.05) is 11.0 Å². The lowest BCUT2D eigenvalue weighted by molar-refractivity contribution is 0.0997. The molecule has 0 bridgehead atoms. The second-order valence-corrected chi connectivity index (χ2v) is 5.22. The molecule has 1 heterocycles. The van der Waals surface area contributed by atoms with Gasteiger partial charge in [0.1, 0.15) is 0 Å². The SMILES string of the molecule is O=C(Nc1cccc(CCCBr)c1)c1ccc(Cl)o1. The van der Waals surface area contributed by atoms with E-state index in [1.807, 2.05) is 24.3 Å². The Kier molecular flexibility index (Phi) is 5.05. The Balaban J connectivity index is 2.04. The molecule has 100 valence electrons. The van der Waals surface area contributed by atoms with Gasteiger partial charge in [0.2, 0.25) is 0 Å². The summed E-state index contributed by atoms with van der Waals surface area (Å²) in [4.78, 5) is 11.9. The van der Waals surface area contributed by atoms with Crippen molar-refractivity contribution >= 4 is 39.1 Å². The summed E-state index contributed by atoms with van der Waals surface area (Å²) in [7, 11) is 0. The van der Waals surface area contributed by atoms with Crippen molar-refractivity contribution < 1.29 is 9.21 Å². The topological polar surface area (TPSA) is 42.2 Å². The van der Waals surface area contributed by atoms with Crippen LogP contribution >= 0.6 is 27.5 Å². The smallest absolute Gasteiger partial charge is 0.291 e. The number of halogens is 2. The monoisotopic (exact) mass is 341 g/mol. The minimum Gasteiger partial charge on any atom is -0.440 e. The van der Waals surface area contributed by atoms with E-state index in [-0.39, 0.29) is 16.9 Å². The van der Waals surface area contributed by atoms with Crippen LogP contribution in [0.3, 0.4) is 0 Å². The molecule has 1 amide bonds. The number of carbonyl (C=O) groups is 1. The van der Waals surface area contributed by atoms with Gasteiger partial charge in [-0.25, -0.2) is 0 Å². The van der Waals surface area contributed by atoms with Crippen LogP contribution in [0.2, 0.25) is 5.22 Å². The highest BCUT2D eigenvalue weighted by Gasteiger charge is 2.10. The molecule has 3 nitrogen and oxygen atoms in total. The van der Waals surface area contributed by atoms with Crippen LogP contribution in [-0.2, 0) is 6.42 Å². The fourth-order valence-corrected chi connectivity index (χ4v) is 2.13. The molecule has 0 fully saturated rings. The van der Waals surface area contributed by atoms with Gasteiger partial charge in [-0.05, 0) is 54.3 Å². The molecule has 1 aromatic heterocycles. The number of rotatable bonds is 5. The molecule has 1 N–H and O–H groups in total. The van der Waals surface area contributed by atoms with Gasteiger partial charge in [0.15, 0.2) is 11.0 Å². The maximum absolute atomic E-state index is 11.9. The Morgan fingerprint density at radius 1 is 1.32 bits per heavy atom. The number of hydrogen-bond donors (Lipinski definition) is 1. The van der Waals surface area contributed by atoms with Crippen LogP contribution in [-0.4, -0.2) is 11.2 Å². The number of furan rings is 1. The highest BCUT2D eigenvalue weighted by molar-refractivity contribution is 9.09. The number of nitrogens with one attached hydrogen (secondary N) is 1. The van der Waals surface area contributed by atoms with E-state index < -0.39 is 0 Å². The van der Waals surface area contributed by atoms with E-state index in [0.717, 1.165) is 23.9 Å². The average molecular weight is 343 g/mol. The summed E-state index contributed by atoms with van der Waals surface area (Å²) in [5, 5.41) is 3.96. The number of amides is 1. The zero-order valence-corrected chi connectivity index (χ0v) is 12.5. The van der Waals surface area contributed by atoms with Crippen LogP contribution in [0.25, 0.3) is 0 Å². The third kappa shape index (κ3) is 4.11. The lowest BCUT2D eigenvalue weighted by atomic mass is 10.1. The highest BCUT2D eigenvalue weighted by atomic mass is 79.9. The van der Waals surface area contributed by atoms with Crippen LogP contribution in [0, 0.1) is 0 Å². The molecule has 0 saturated carbocycles. The van der Waals surface area contributed by atoms with Crippen molar-refractivity contribution in [3.8, 4) is 0 Å². The van der Waals surface area contributed by atoms with Crippen molar-refractivity contribution in [3.05, 3.63) is 52.9 Å². The van der Waals surface area contributed by atoms with E-state index in [1.165, 1.54) is 5.56 Å². The van der Waals surface area contributed by atoms with Crippen molar-refractivity contribution in [1.82, 2.24) is 0 Å². The molecule has 2 rings (SSSR count). The molecule has 0 aliphatic carbocycles. The molecule has 0 aliphatic rings. The van der Waals surface area contributed by atoms with Crippen LogP contribution in [0.1, 0.15) is 22.5 Å². The van der Waals surface area contributed by atoms with Gasteiger partial charge in [0.05, 0.1) is 0 Å². The Labute approximate surface area is 125 Å². The molecule has 0 radical (unpaired) electrons. The largest absolute Gasteiger partial charge is 0.440 e. The molecule has 0 unspecified atom stereocenters. The molecular formula is C14H13BrClNO2. The van der Waals surface area contributed by atoms with E-state index in [0.29, 0.717) is 0 Å². The molecular weight excluding hydrogens is 330 g/mol. The van der Waals surface area contributed by atoms with Crippen molar-refractivity contribution in [2.45, 2.75) is 12.8 Å². The first-order valence-electron chi connectivity index (χ1n) is 5.90. The fourth-order valence-electron chi connectivity index (χ4n) is 1.70. The zero-order valence-electron chi connectivity index (χ0n) is 10.2. The summed E-state index contributed by atoms with van der Waals surface area (Å²) in [6.45, 7) is 0. The lowest BCUT2D eigenvalue weighted by Gasteiger charge is -2.05. The number of anilines is 1. The number of alkyl halides is 1. The Morgan fingerprint density at radius 2 is 2.16 bits per heavy atom. The fraction of sp³-hybridized carbons (Fsp3) is 0.214. The van der Waals surface area contributed by atoms with Crippen LogP contribution in [0.15, 0.2) is 40.8 Å². The van der Waals surface area contributed by atoms with Crippen LogP contribution in [0.4, 0.5) is 5.69 Å². The minimum absolute atomic E-state index is 0.205. The van der Waals surface area contributed by atoms with Gasteiger partial charge in [-0.2, -0.15) is 0 Å². The Hall–Kier alpha value is -1.26. The van der Waals surface area contributed by atoms with Crippen molar-refractivity contribution in [2.24, 2.45) is 0 Å². The molecule has 19 heavy (non-hydrogen) atoms.